The summed E-state index contributed by atoms with van der Waals surface area (Å²) in [5.74, 6) is 0.815. The molecule has 8 heteroatoms. The zero-order valence-corrected chi connectivity index (χ0v) is 17.0. The average molecular weight is 392 g/mol. The van der Waals surface area contributed by atoms with E-state index in [2.05, 4.69) is 5.32 Å². The quantitative estimate of drug-likeness (QED) is 0.826. The number of alkyl carbamates (subject to hydrolysis) is 1. The summed E-state index contributed by atoms with van der Waals surface area (Å²) >= 11 is 0. The minimum absolute atomic E-state index is 0.0473. The van der Waals surface area contributed by atoms with E-state index >= 15 is 0 Å². The maximum atomic E-state index is 13.0. The van der Waals surface area contributed by atoms with Gasteiger partial charge in [-0.25, -0.2) is 4.79 Å². The fourth-order valence-corrected chi connectivity index (χ4v) is 2.91. The minimum Gasteiger partial charge on any atom is -0.497 e. The number of Topliss-reactive ketones (excluding diaryl/α,β-unsaturated/α-hetero) is 1. The van der Waals surface area contributed by atoms with Crippen LogP contribution in [0.25, 0.3) is 0 Å². The number of amides is 2. The number of rotatable bonds is 5. The van der Waals surface area contributed by atoms with Gasteiger partial charge in [-0.1, -0.05) is 0 Å². The van der Waals surface area contributed by atoms with Crippen LogP contribution < -0.4 is 14.8 Å². The predicted octanol–water partition coefficient (Wildman–Crippen LogP) is 2.29. The van der Waals surface area contributed by atoms with Crippen LogP contribution in [0.4, 0.5) is 4.79 Å². The number of nitrogens with zero attached hydrogens (tertiary/aromatic N) is 1. The van der Waals surface area contributed by atoms with Gasteiger partial charge in [-0.05, 0) is 32.9 Å². The van der Waals surface area contributed by atoms with Crippen molar-refractivity contribution in [2.75, 3.05) is 20.8 Å². The summed E-state index contributed by atoms with van der Waals surface area (Å²) in [6.45, 7) is 5.73. The predicted molar refractivity (Wildman–Crippen MR) is 102 cm³/mol. The molecule has 2 rings (SSSR count). The molecule has 1 aliphatic heterocycles. The number of carbonyl (C=O) groups excluding carboxylic acids is 3. The third kappa shape index (κ3) is 5.87. The lowest BCUT2D eigenvalue weighted by Crippen LogP contribution is -2.48. The van der Waals surface area contributed by atoms with Crippen molar-refractivity contribution in [3.63, 3.8) is 0 Å². The summed E-state index contributed by atoms with van der Waals surface area (Å²) in [7, 11) is 3.10. The lowest BCUT2D eigenvalue weighted by Gasteiger charge is -2.26. The largest absolute Gasteiger partial charge is 0.497 e. The van der Waals surface area contributed by atoms with Crippen molar-refractivity contribution in [2.24, 2.45) is 0 Å². The number of hydrogen-bond donors (Lipinski definition) is 1. The number of likely N-dealkylation sites (tertiary alicyclic amines) is 1. The van der Waals surface area contributed by atoms with E-state index in [1.54, 1.807) is 52.0 Å². The van der Waals surface area contributed by atoms with E-state index in [1.165, 1.54) is 0 Å². The highest BCUT2D eigenvalue weighted by Gasteiger charge is 2.33. The highest BCUT2D eigenvalue weighted by atomic mass is 16.6. The Morgan fingerprint density at radius 2 is 1.93 bits per heavy atom. The first-order chi connectivity index (χ1) is 13.1. The summed E-state index contributed by atoms with van der Waals surface area (Å²) in [5.41, 5.74) is 0.0832. The molecular weight excluding hydrogens is 364 g/mol. The first-order valence-corrected chi connectivity index (χ1v) is 9.14. The number of carbonyl (C=O) groups is 3. The Morgan fingerprint density at radius 3 is 2.54 bits per heavy atom. The second-order valence-electron chi connectivity index (χ2n) is 7.63. The van der Waals surface area contributed by atoms with Gasteiger partial charge in [0, 0.05) is 37.6 Å². The fourth-order valence-electron chi connectivity index (χ4n) is 2.91. The topological polar surface area (TPSA) is 94.2 Å². The van der Waals surface area contributed by atoms with Gasteiger partial charge in [0.15, 0.2) is 0 Å². The van der Waals surface area contributed by atoms with E-state index in [1.807, 2.05) is 6.07 Å². The van der Waals surface area contributed by atoms with Gasteiger partial charge in [-0.15, -0.1) is 0 Å². The van der Waals surface area contributed by atoms with Crippen molar-refractivity contribution < 1.29 is 28.6 Å². The molecule has 2 amide bonds. The molecule has 0 spiro atoms. The van der Waals surface area contributed by atoms with Crippen LogP contribution in [0.15, 0.2) is 18.2 Å². The SMILES string of the molecule is COc1ccc(CN2CCC(=O)CC(NC(=O)OC(C)(C)C)C2=O)c(OC)c1. The molecule has 1 saturated heterocycles. The summed E-state index contributed by atoms with van der Waals surface area (Å²) in [6.07, 6.45) is -0.534. The molecule has 28 heavy (non-hydrogen) atoms. The molecule has 0 aliphatic carbocycles. The molecule has 1 N–H and O–H groups in total. The number of ketones is 1. The molecule has 8 nitrogen and oxygen atoms in total. The lowest BCUT2D eigenvalue weighted by molar-refractivity contribution is -0.133. The van der Waals surface area contributed by atoms with E-state index in [4.69, 9.17) is 14.2 Å². The van der Waals surface area contributed by atoms with E-state index in [9.17, 15) is 14.4 Å². The van der Waals surface area contributed by atoms with Gasteiger partial charge in [0.25, 0.3) is 0 Å². The zero-order chi connectivity index (χ0) is 20.9. The van der Waals surface area contributed by atoms with Crippen molar-refractivity contribution in [3.05, 3.63) is 23.8 Å². The van der Waals surface area contributed by atoms with Crippen LogP contribution in [0.5, 0.6) is 11.5 Å². The molecule has 154 valence electrons. The number of methoxy groups -OCH3 is 2. The van der Waals surface area contributed by atoms with Crippen molar-refractivity contribution in [3.8, 4) is 11.5 Å². The van der Waals surface area contributed by atoms with Crippen molar-refractivity contribution in [1.82, 2.24) is 10.2 Å². The van der Waals surface area contributed by atoms with Crippen molar-refractivity contribution in [1.29, 1.82) is 0 Å². The van der Waals surface area contributed by atoms with Crippen LogP contribution in [-0.4, -0.2) is 55.1 Å². The molecule has 0 saturated carbocycles. The highest BCUT2D eigenvalue weighted by molar-refractivity contribution is 5.93. The normalized spacial score (nSPS) is 17.8. The van der Waals surface area contributed by atoms with Gasteiger partial charge >= 0.3 is 6.09 Å². The van der Waals surface area contributed by atoms with Crippen LogP contribution in [-0.2, 0) is 20.9 Å². The Balaban J connectivity index is 2.17. The molecule has 1 aliphatic rings. The lowest BCUT2D eigenvalue weighted by atomic mass is 10.1. The van der Waals surface area contributed by atoms with E-state index < -0.39 is 17.7 Å². The molecule has 0 aromatic heterocycles. The number of ether oxygens (including phenoxy) is 3. The van der Waals surface area contributed by atoms with Crippen molar-refractivity contribution >= 4 is 17.8 Å². The van der Waals surface area contributed by atoms with Gasteiger partial charge in [-0.2, -0.15) is 0 Å². The number of nitrogens with one attached hydrogen (secondary N) is 1. The maximum Gasteiger partial charge on any atom is 0.408 e. The van der Waals surface area contributed by atoms with Crippen LogP contribution in [0.1, 0.15) is 39.2 Å². The number of benzene rings is 1. The molecule has 0 bridgehead atoms. The molecule has 1 unspecified atom stereocenters. The molecule has 0 radical (unpaired) electrons. The zero-order valence-electron chi connectivity index (χ0n) is 17.0. The standard InChI is InChI=1S/C20H28N2O6/c1-20(2,3)28-19(25)21-16-10-14(23)8-9-22(18(16)24)12-13-6-7-15(26-4)11-17(13)27-5/h6-7,11,16H,8-10,12H2,1-5H3,(H,21,25). The second-order valence-corrected chi connectivity index (χ2v) is 7.63. The maximum absolute atomic E-state index is 13.0. The van der Waals surface area contributed by atoms with Gasteiger partial charge in [0.1, 0.15) is 28.9 Å². The summed E-state index contributed by atoms with van der Waals surface area (Å²) in [4.78, 5) is 38.7. The van der Waals surface area contributed by atoms with E-state index in [-0.39, 0.29) is 37.6 Å². The number of hydrogen-bond acceptors (Lipinski definition) is 6. The minimum atomic E-state index is -0.950. The molecular formula is C20H28N2O6. The molecule has 1 aromatic carbocycles. The van der Waals surface area contributed by atoms with Gasteiger partial charge in [0.2, 0.25) is 5.91 Å². The molecule has 1 atom stereocenters. The Kier molecular flexibility index (Phi) is 6.88. The van der Waals surface area contributed by atoms with Crippen LogP contribution >= 0.6 is 0 Å². The van der Waals surface area contributed by atoms with Crippen LogP contribution in [0.3, 0.4) is 0 Å². The van der Waals surface area contributed by atoms with Crippen molar-refractivity contribution in [2.45, 2.75) is 51.8 Å². The summed E-state index contributed by atoms with van der Waals surface area (Å²) in [5, 5.41) is 2.53. The molecule has 1 fully saturated rings. The van der Waals surface area contributed by atoms with Gasteiger partial charge in [0.05, 0.1) is 14.2 Å². The van der Waals surface area contributed by atoms with Crippen LogP contribution in [0.2, 0.25) is 0 Å². The van der Waals surface area contributed by atoms with Gasteiger partial charge < -0.3 is 24.4 Å². The summed E-state index contributed by atoms with van der Waals surface area (Å²) in [6, 6.07) is 4.38. The smallest absolute Gasteiger partial charge is 0.408 e. The van der Waals surface area contributed by atoms with Gasteiger partial charge in [-0.3, -0.25) is 9.59 Å². The Labute approximate surface area is 165 Å². The summed E-state index contributed by atoms with van der Waals surface area (Å²) < 4.78 is 15.8. The Bertz CT molecular complexity index is 741. The molecule has 1 aromatic rings. The second kappa shape index (κ2) is 8.95. The fraction of sp³-hybridized carbons (Fsp3) is 0.550. The van der Waals surface area contributed by atoms with Crippen LogP contribution in [0, 0.1) is 0 Å². The monoisotopic (exact) mass is 392 g/mol. The third-order valence-corrected chi connectivity index (χ3v) is 4.25. The Hall–Kier alpha value is -2.77. The first kappa shape index (κ1) is 21.5. The average Bonchev–Trinajstić information content (AvgIpc) is 2.74. The molecule has 1 heterocycles. The Morgan fingerprint density at radius 1 is 1.21 bits per heavy atom. The first-order valence-electron chi connectivity index (χ1n) is 9.14. The van der Waals surface area contributed by atoms with E-state index in [0.717, 1.165) is 5.56 Å². The third-order valence-electron chi connectivity index (χ3n) is 4.25. The highest BCUT2D eigenvalue weighted by Crippen LogP contribution is 2.26. The van der Waals surface area contributed by atoms with E-state index in [0.29, 0.717) is 11.5 Å².